The minimum absolute atomic E-state index is 0.0954. The fourth-order valence-corrected chi connectivity index (χ4v) is 3.82. The Morgan fingerprint density at radius 1 is 1.18 bits per heavy atom. The largest absolute Gasteiger partial charge is 0.371 e. The molecule has 4 heterocycles. The lowest BCUT2D eigenvalue weighted by atomic mass is 10.3. The highest BCUT2D eigenvalue weighted by molar-refractivity contribution is 7.15. The monoisotopic (exact) mass is 321 g/mol. The number of nitrogens with zero attached hydrogens (tertiary/aromatic N) is 5. The van der Waals surface area contributed by atoms with Crippen LogP contribution in [0.25, 0.3) is 0 Å². The average molecular weight is 321 g/mol. The highest BCUT2D eigenvalue weighted by Gasteiger charge is 2.38. The van der Waals surface area contributed by atoms with Crippen molar-refractivity contribution in [2.24, 2.45) is 0 Å². The molecule has 0 unspecified atom stereocenters. The Labute approximate surface area is 132 Å². The Kier molecular flexibility index (Phi) is 3.59. The Balaban J connectivity index is 1.44. The molecule has 0 N–H and O–H groups in total. The van der Waals surface area contributed by atoms with Crippen LogP contribution in [0.5, 0.6) is 0 Å². The average Bonchev–Trinajstić information content (AvgIpc) is 3.20. The van der Waals surface area contributed by atoms with Crippen molar-refractivity contribution < 1.29 is 9.47 Å². The Morgan fingerprint density at radius 2 is 1.91 bits per heavy atom. The molecular weight excluding hydrogens is 302 g/mol. The zero-order valence-corrected chi connectivity index (χ0v) is 13.5. The normalized spacial score (nSPS) is 26.2. The molecule has 4 rings (SSSR count). The molecule has 0 radical (unpaired) electrons. The van der Waals surface area contributed by atoms with Gasteiger partial charge in [-0.05, 0) is 13.8 Å². The molecular formula is C14H19N5O2S. The summed E-state index contributed by atoms with van der Waals surface area (Å²) in [6.45, 7) is 7.05. The van der Waals surface area contributed by atoms with E-state index in [1.807, 2.05) is 4.68 Å². The van der Waals surface area contributed by atoms with Gasteiger partial charge in [0.15, 0.2) is 5.13 Å². The van der Waals surface area contributed by atoms with Gasteiger partial charge in [-0.15, -0.1) is 11.3 Å². The summed E-state index contributed by atoms with van der Waals surface area (Å²) < 4.78 is 14.0. The molecule has 0 spiro atoms. The van der Waals surface area contributed by atoms with Crippen LogP contribution in [0.1, 0.15) is 16.6 Å². The molecule has 0 saturated carbocycles. The highest BCUT2D eigenvalue weighted by Crippen LogP contribution is 2.31. The van der Waals surface area contributed by atoms with E-state index in [9.17, 15) is 0 Å². The first-order chi connectivity index (χ1) is 10.7. The van der Waals surface area contributed by atoms with Crippen LogP contribution in [0, 0.1) is 13.8 Å². The molecule has 0 amide bonds. The Morgan fingerprint density at radius 3 is 2.45 bits per heavy atom. The highest BCUT2D eigenvalue weighted by atomic mass is 32.1. The molecule has 2 aromatic rings. The maximum Gasteiger partial charge on any atom is 0.185 e. The van der Waals surface area contributed by atoms with Gasteiger partial charge in [-0.1, -0.05) is 0 Å². The third kappa shape index (κ3) is 2.51. The van der Waals surface area contributed by atoms with Crippen molar-refractivity contribution in [3.8, 4) is 0 Å². The minimum atomic E-state index is 0.0954. The molecule has 22 heavy (non-hydrogen) atoms. The smallest absolute Gasteiger partial charge is 0.185 e. The number of anilines is 1. The minimum Gasteiger partial charge on any atom is -0.371 e. The van der Waals surface area contributed by atoms with Gasteiger partial charge in [0.2, 0.25) is 0 Å². The number of fused-ring (bicyclic) bond motifs is 1. The number of hydrogen-bond acceptors (Lipinski definition) is 7. The lowest BCUT2D eigenvalue weighted by Crippen LogP contribution is -2.27. The zero-order valence-electron chi connectivity index (χ0n) is 12.7. The van der Waals surface area contributed by atoms with Crippen molar-refractivity contribution in [2.45, 2.75) is 32.1 Å². The number of aromatic nitrogens is 4. The van der Waals surface area contributed by atoms with Crippen molar-refractivity contribution in [3.63, 3.8) is 0 Å². The number of aryl methyl sites for hydroxylation is 2. The predicted octanol–water partition coefficient (Wildman–Crippen LogP) is 1.20. The first-order valence-corrected chi connectivity index (χ1v) is 8.28. The lowest BCUT2D eigenvalue weighted by Gasteiger charge is -2.17. The van der Waals surface area contributed by atoms with E-state index in [2.05, 4.69) is 33.8 Å². The summed E-state index contributed by atoms with van der Waals surface area (Å²) in [4.78, 5) is 12.2. The van der Waals surface area contributed by atoms with E-state index in [1.165, 1.54) is 4.88 Å². The van der Waals surface area contributed by atoms with Crippen LogP contribution in [-0.2, 0) is 9.47 Å². The molecule has 0 aliphatic carbocycles. The second kappa shape index (κ2) is 5.60. The van der Waals surface area contributed by atoms with Gasteiger partial charge in [0.1, 0.15) is 30.9 Å². The van der Waals surface area contributed by atoms with Gasteiger partial charge in [-0.3, -0.25) is 0 Å². The van der Waals surface area contributed by atoms with Gasteiger partial charge >= 0.3 is 0 Å². The van der Waals surface area contributed by atoms with Gasteiger partial charge in [0, 0.05) is 18.0 Å². The Bertz CT molecular complexity index is 608. The summed E-state index contributed by atoms with van der Waals surface area (Å²) in [5.74, 6) is 0. The second-order valence-electron chi connectivity index (χ2n) is 5.82. The first-order valence-electron chi connectivity index (χ1n) is 7.47. The van der Waals surface area contributed by atoms with E-state index in [0.717, 1.165) is 23.9 Å². The fraction of sp³-hybridized carbons (Fsp3) is 0.643. The van der Waals surface area contributed by atoms with Crippen LogP contribution >= 0.6 is 11.3 Å². The molecule has 2 aliphatic rings. The summed E-state index contributed by atoms with van der Waals surface area (Å²) in [6, 6.07) is 0.103. The summed E-state index contributed by atoms with van der Waals surface area (Å²) in [7, 11) is 0. The van der Waals surface area contributed by atoms with E-state index in [1.54, 1.807) is 24.0 Å². The second-order valence-corrected chi connectivity index (χ2v) is 7.00. The van der Waals surface area contributed by atoms with Crippen molar-refractivity contribution in [3.05, 3.63) is 23.2 Å². The number of rotatable bonds is 2. The summed E-state index contributed by atoms with van der Waals surface area (Å²) in [5.41, 5.74) is 1.11. The SMILES string of the molecule is Cc1nc(N2C[C@@H]3OCC(n4cncn4)CO[C@H]3C2)sc1C. The van der Waals surface area contributed by atoms with Crippen molar-refractivity contribution in [1.29, 1.82) is 0 Å². The van der Waals surface area contributed by atoms with Gasteiger partial charge in [-0.2, -0.15) is 5.10 Å². The standard InChI is InChI=1S/C14H19N5O2S/c1-9-10(2)22-14(17-9)18-3-12-13(4-18)21-6-11(5-20-12)19-8-15-7-16-19/h7-8,11-13H,3-6H2,1-2H3/t12-,13-/m0/s1. The zero-order chi connectivity index (χ0) is 15.1. The molecule has 8 heteroatoms. The molecule has 2 atom stereocenters. The molecule has 2 saturated heterocycles. The van der Waals surface area contributed by atoms with E-state index in [0.29, 0.717) is 13.2 Å². The van der Waals surface area contributed by atoms with Gasteiger partial charge in [0.05, 0.1) is 18.9 Å². The van der Waals surface area contributed by atoms with Crippen LogP contribution in [0.15, 0.2) is 12.7 Å². The van der Waals surface area contributed by atoms with Gasteiger partial charge < -0.3 is 14.4 Å². The molecule has 2 aliphatic heterocycles. The quantitative estimate of drug-likeness (QED) is 0.828. The molecule has 118 valence electrons. The van der Waals surface area contributed by atoms with E-state index >= 15 is 0 Å². The summed E-state index contributed by atoms with van der Waals surface area (Å²) >= 11 is 1.74. The molecule has 7 nitrogen and oxygen atoms in total. The molecule has 0 aromatic carbocycles. The molecule has 0 bridgehead atoms. The van der Waals surface area contributed by atoms with Crippen molar-refractivity contribution in [2.75, 3.05) is 31.2 Å². The molecule has 2 fully saturated rings. The van der Waals surface area contributed by atoms with E-state index in [4.69, 9.17) is 9.47 Å². The third-order valence-electron chi connectivity index (χ3n) is 4.32. The lowest BCUT2D eigenvalue weighted by molar-refractivity contribution is -0.00461. The summed E-state index contributed by atoms with van der Waals surface area (Å²) in [6.07, 6.45) is 3.45. The van der Waals surface area contributed by atoms with Crippen LogP contribution in [0.4, 0.5) is 5.13 Å². The van der Waals surface area contributed by atoms with E-state index in [-0.39, 0.29) is 18.2 Å². The fourth-order valence-electron chi connectivity index (χ4n) is 2.89. The van der Waals surface area contributed by atoms with Gasteiger partial charge in [-0.25, -0.2) is 14.6 Å². The third-order valence-corrected chi connectivity index (χ3v) is 5.45. The Hall–Kier alpha value is -1.51. The first kappa shape index (κ1) is 14.1. The van der Waals surface area contributed by atoms with E-state index < -0.39 is 0 Å². The summed E-state index contributed by atoms with van der Waals surface area (Å²) in [5, 5.41) is 5.25. The topological polar surface area (TPSA) is 65.3 Å². The number of thiazole rings is 1. The maximum absolute atomic E-state index is 6.07. The van der Waals surface area contributed by atoms with Crippen LogP contribution in [0.2, 0.25) is 0 Å². The predicted molar refractivity (Wildman–Crippen MR) is 82.3 cm³/mol. The van der Waals surface area contributed by atoms with Gasteiger partial charge in [0.25, 0.3) is 0 Å². The number of ether oxygens (including phenoxy) is 2. The van der Waals surface area contributed by atoms with Crippen LogP contribution in [-0.4, -0.2) is 58.3 Å². The van der Waals surface area contributed by atoms with Crippen molar-refractivity contribution in [1.82, 2.24) is 19.7 Å². The molecule has 2 aromatic heterocycles. The maximum atomic E-state index is 6.07. The van der Waals surface area contributed by atoms with Crippen LogP contribution < -0.4 is 4.90 Å². The number of hydrogen-bond donors (Lipinski definition) is 0. The van der Waals surface area contributed by atoms with Crippen molar-refractivity contribution >= 4 is 16.5 Å². The van der Waals surface area contributed by atoms with Crippen LogP contribution in [0.3, 0.4) is 0 Å².